The number of amides is 1. The molecule has 1 aliphatic rings. The van der Waals surface area contributed by atoms with Crippen molar-refractivity contribution in [3.05, 3.63) is 100 Å². The van der Waals surface area contributed by atoms with Gasteiger partial charge in [-0.3, -0.25) is 9.78 Å². The number of halogens is 2. The number of thiocarbonyl (C=S) groups is 1. The van der Waals surface area contributed by atoms with Crippen LogP contribution in [0.4, 0.5) is 11.4 Å². The largest absolute Gasteiger partial charge is 0.452 e. The van der Waals surface area contributed by atoms with E-state index in [2.05, 4.69) is 15.6 Å². The molecule has 4 aromatic rings. The molecular weight excluding hydrogens is 563 g/mol. The molecular formula is C27H22Cl2N4O3S2. The SMILES string of the molecule is COCC(=O)Nc1ccc(N2C(=S)N[C@@H](c3ccccn3)[C@@H]2c2ccc(Sc3ccc(Cl)cc3)o2)cc1Cl. The van der Waals surface area contributed by atoms with Crippen molar-refractivity contribution in [3.63, 3.8) is 0 Å². The fraction of sp³-hybridized carbons (Fsp3) is 0.148. The molecule has 2 aromatic carbocycles. The molecule has 38 heavy (non-hydrogen) atoms. The van der Waals surface area contributed by atoms with Crippen LogP contribution in [0.25, 0.3) is 0 Å². The van der Waals surface area contributed by atoms with E-state index in [0.717, 1.165) is 21.4 Å². The number of benzene rings is 2. The molecule has 0 aliphatic carbocycles. The normalized spacial score (nSPS) is 16.9. The number of aromatic nitrogens is 1. The van der Waals surface area contributed by atoms with Gasteiger partial charge in [0.2, 0.25) is 5.91 Å². The highest BCUT2D eigenvalue weighted by molar-refractivity contribution is 7.99. The minimum absolute atomic E-state index is 0.0686. The summed E-state index contributed by atoms with van der Waals surface area (Å²) in [7, 11) is 1.46. The first kappa shape index (κ1) is 26.5. The quantitative estimate of drug-likeness (QED) is 0.217. The summed E-state index contributed by atoms with van der Waals surface area (Å²) in [5.74, 6) is 0.410. The number of rotatable bonds is 8. The minimum atomic E-state index is -0.345. The number of carbonyl (C=O) groups excluding carboxylic acids is 1. The maximum absolute atomic E-state index is 12.0. The highest BCUT2D eigenvalue weighted by Gasteiger charge is 2.42. The summed E-state index contributed by atoms with van der Waals surface area (Å²) in [5.41, 5.74) is 2.04. The first-order valence-electron chi connectivity index (χ1n) is 11.5. The molecule has 7 nitrogen and oxygen atoms in total. The zero-order valence-electron chi connectivity index (χ0n) is 20.1. The van der Waals surface area contributed by atoms with Gasteiger partial charge in [0.05, 0.1) is 22.4 Å². The van der Waals surface area contributed by atoms with Gasteiger partial charge in [-0.2, -0.15) is 0 Å². The molecule has 194 valence electrons. The summed E-state index contributed by atoms with van der Waals surface area (Å²) in [4.78, 5) is 19.5. The van der Waals surface area contributed by atoms with Crippen LogP contribution in [-0.4, -0.2) is 29.7 Å². The van der Waals surface area contributed by atoms with Gasteiger partial charge in [0.25, 0.3) is 0 Å². The maximum Gasteiger partial charge on any atom is 0.250 e. The van der Waals surface area contributed by atoms with Crippen molar-refractivity contribution in [3.8, 4) is 0 Å². The lowest BCUT2D eigenvalue weighted by atomic mass is 10.0. The molecule has 0 unspecified atom stereocenters. The third kappa shape index (κ3) is 5.82. The average Bonchev–Trinajstić information content (AvgIpc) is 3.51. The lowest BCUT2D eigenvalue weighted by Gasteiger charge is -2.26. The highest BCUT2D eigenvalue weighted by atomic mass is 35.5. The van der Waals surface area contributed by atoms with Crippen LogP contribution in [0.1, 0.15) is 23.5 Å². The van der Waals surface area contributed by atoms with Gasteiger partial charge in [0.15, 0.2) is 10.2 Å². The molecule has 0 bridgehead atoms. The van der Waals surface area contributed by atoms with E-state index < -0.39 is 0 Å². The zero-order chi connectivity index (χ0) is 26.6. The number of furan rings is 1. The van der Waals surface area contributed by atoms with Crippen LogP contribution in [0.3, 0.4) is 0 Å². The Morgan fingerprint density at radius 3 is 2.68 bits per heavy atom. The Balaban J connectivity index is 1.48. The van der Waals surface area contributed by atoms with Crippen molar-refractivity contribution >= 4 is 69.6 Å². The molecule has 2 atom stereocenters. The molecule has 1 saturated heterocycles. The zero-order valence-corrected chi connectivity index (χ0v) is 23.2. The summed E-state index contributed by atoms with van der Waals surface area (Å²) in [6, 6.07) is 21.9. The number of pyridine rings is 1. The van der Waals surface area contributed by atoms with E-state index >= 15 is 0 Å². The second-order valence-electron chi connectivity index (χ2n) is 8.35. The predicted molar refractivity (Wildman–Crippen MR) is 154 cm³/mol. The third-order valence-electron chi connectivity index (χ3n) is 5.80. The molecule has 0 spiro atoms. The number of nitrogens with zero attached hydrogens (tertiary/aromatic N) is 2. The Kier molecular flexibility index (Phi) is 8.21. The van der Waals surface area contributed by atoms with Gasteiger partial charge in [0.1, 0.15) is 18.4 Å². The Labute approximate surface area is 239 Å². The van der Waals surface area contributed by atoms with Crippen molar-refractivity contribution in [1.29, 1.82) is 0 Å². The number of hydrogen-bond acceptors (Lipinski definition) is 6. The molecule has 11 heteroatoms. The van der Waals surface area contributed by atoms with Gasteiger partial charge >= 0.3 is 0 Å². The minimum Gasteiger partial charge on any atom is -0.452 e. The van der Waals surface area contributed by atoms with Gasteiger partial charge in [-0.25, -0.2) is 0 Å². The lowest BCUT2D eigenvalue weighted by Crippen LogP contribution is -2.29. The van der Waals surface area contributed by atoms with Crippen molar-refractivity contribution in [1.82, 2.24) is 10.3 Å². The molecule has 0 radical (unpaired) electrons. The molecule has 2 aromatic heterocycles. The van der Waals surface area contributed by atoms with Crippen LogP contribution in [-0.2, 0) is 9.53 Å². The second kappa shape index (κ2) is 11.8. The fourth-order valence-corrected chi connectivity index (χ4v) is 5.63. The van der Waals surface area contributed by atoms with E-state index in [9.17, 15) is 4.79 Å². The summed E-state index contributed by atoms with van der Waals surface area (Å²) in [6.07, 6.45) is 1.75. The van der Waals surface area contributed by atoms with Crippen LogP contribution >= 0.6 is 47.2 Å². The van der Waals surface area contributed by atoms with Crippen molar-refractivity contribution in [2.75, 3.05) is 23.9 Å². The van der Waals surface area contributed by atoms with E-state index in [1.165, 1.54) is 18.9 Å². The Hall–Kier alpha value is -3.08. The van der Waals surface area contributed by atoms with E-state index in [4.69, 9.17) is 44.6 Å². The molecule has 1 fully saturated rings. The molecule has 0 saturated carbocycles. The van der Waals surface area contributed by atoms with Gasteiger partial charge in [-0.05, 0) is 78.9 Å². The van der Waals surface area contributed by atoms with E-state index in [1.807, 2.05) is 65.6 Å². The van der Waals surface area contributed by atoms with E-state index in [1.54, 1.807) is 18.3 Å². The summed E-state index contributed by atoms with van der Waals surface area (Å²) < 4.78 is 11.2. The van der Waals surface area contributed by atoms with Crippen LogP contribution in [0.2, 0.25) is 10.0 Å². The first-order chi connectivity index (χ1) is 18.4. The third-order valence-corrected chi connectivity index (χ3v) is 7.61. The van der Waals surface area contributed by atoms with Crippen LogP contribution in [0.5, 0.6) is 0 Å². The molecule has 1 aliphatic heterocycles. The van der Waals surface area contributed by atoms with Crippen LogP contribution < -0.4 is 15.5 Å². The number of methoxy groups -OCH3 is 1. The standard InChI is InChI=1S/C27H22Cl2N4O3S2/c1-35-15-23(34)31-20-10-7-17(14-19(20)29)33-26(25(32-27(33)37)21-4-2-3-13-30-21)22-11-12-24(36-22)38-18-8-5-16(28)6-9-18/h2-14,25-26H,15H2,1H3,(H,31,34)(H,32,37)/t25-,26-/m0/s1. The molecule has 5 rings (SSSR count). The monoisotopic (exact) mass is 584 g/mol. The van der Waals surface area contributed by atoms with Gasteiger partial charge in [0, 0.05) is 28.9 Å². The summed E-state index contributed by atoms with van der Waals surface area (Å²) >= 11 is 19.9. The Morgan fingerprint density at radius 1 is 1.16 bits per heavy atom. The number of nitrogens with one attached hydrogen (secondary N) is 2. The van der Waals surface area contributed by atoms with Crippen molar-refractivity contribution < 1.29 is 13.9 Å². The average molecular weight is 586 g/mol. The van der Waals surface area contributed by atoms with Crippen LogP contribution in [0.15, 0.2) is 93.4 Å². The summed E-state index contributed by atoms with van der Waals surface area (Å²) in [6.45, 7) is -0.0686. The highest BCUT2D eigenvalue weighted by Crippen LogP contribution is 2.44. The van der Waals surface area contributed by atoms with Crippen molar-refractivity contribution in [2.45, 2.75) is 22.1 Å². The number of ether oxygens (including phenoxy) is 1. The Morgan fingerprint density at radius 2 is 1.97 bits per heavy atom. The van der Waals surface area contributed by atoms with Gasteiger partial charge in [-0.1, -0.05) is 41.0 Å². The van der Waals surface area contributed by atoms with Gasteiger partial charge < -0.3 is 24.7 Å². The van der Waals surface area contributed by atoms with E-state index in [0.29, 0.717) is 26.6 Å². The summed E-state index contributed by atoms with van der Waals surface area (Å²) in [5, 5.41) is 8.42. The van der Waals surface area contributed by atoms with Gasteiger partial charge in [-0.15, -0.1) is 0 Å². The lowest BCUT2D eigenvalue weighted by molar-refractivity contribution is -0.119. The number of anilines is 2. The maximum atomic E-state index is 12.0. The van der Waals surface area contributed by atoms with E-state index in [-0.39, 0.29) is 24.6 Å². The topological polar surface area (TPSA) is 79.6 Å². The smallest absolute Gasteiger partial charge is 0.250 e. The first-order valence-corrected chi connectivity index (χ1v) is 13.5. The molecule has 2 N–H and O–H groups in total. The predicted octanol–water partition coefficient (Wildman–Crippen LogP) is 6.89. The molecule has 3 heterocycles. The number of hydrogen-bond donors (Lipinski definition) is 2. The van der Waals surface area contributed by atoms with Crippen molar-refractivity contribution in [2.24, 2.45) is 0 Å². The second-order valence-corrected chi connectivity index (χ2v) is 10.7. The van der Waals surface area contributed by atoms with Crippen LogP contribution in [0, 0.1) is 0 Å². The number of carbonyl (C=O) groups is 1. The Bertz CT molecular complexity index is 1450. The fourth-order valence-electron chi connectivity index (χ4n) is 4.16. The molecule has 1 amide bonds.